The molecule has 0 saturated heterocycles. The summed E-state index contributed by atoms with van der Waals surface area (Å²) in [5, 5.41) is 19.5. The molecule has 0 unspecified atom stereocenters. The van der Waals surface area contributed by atoms with E-state index in [0.29, 0.717) is 0 Å². The van der Waals surface area contributed by atoms with Crippen LogP contribution >= 0.6 is 0 Å². The van der Waals surface area contributed by atoms with E-state index < -0.39 is 20.6 Å². The maximum absolute atomic E-state index is 11.3. The molecule has 0 radical (unpaired) electrons. The van der Waals surface area contributed by atoms with Crippen molar-refractivity contribution < 1.29 is 13.3 Å². The van der Waals surface area contributed by atoms with Crippen LogP contribution in [0.4, 0.5) is 5.82 Å². The lowest BCUT2D eigenvalue weighted by Gasteiger charge is -1.99. The first-order chi connectivity index (χ1) is 8.32. The number of rotatable bonds is 5. The van der Waals surface area contributed by atoms with Crippen LogP contribution in [-0.4, -0.2) is 34.4 Å². The quantitative estimate of drug-likeness (QED) is 0.557. The lowest BCUT2D eigenvalue weighted by atomic mass is 10.4. The van der Waals surface area contributed by atoms with Crippen LogP contribution in [0.1, 0.15) is 18.4 Å². The minimum absolute atomic E-state index is 0.00459. The molecule has 0 atom stereocenters. The third-order valence-electron chi connectivity index (χ3n) is 2.52. The summed E-state index contributed by atoms with van der Waals surface area (Å²) in [7, 11) is -1.72. The van der Waals surface area contributed by atoms with Crippen LogP contribution in [0.3, 0.4) is 0 Å². The Morgan fingerprint density at radius 3 is 2.56 bits per heavy atom. The summed E-state index contributed by atoms with van der Waals surface area (Å²) in [5.74, 6) is -0.458. The van der Waals surface area contributed by atoms with Crippen molar-refractivity contribution in [2.24, 2.45) is 7.05 Å². The number of aromatic nitrogens is 2. The van der Waals surface area contributed by atoms with Gasteiger partial charge in [-0.25, -0.2) is 8.42 Å². The zero-order valence-electron chi connectivity index (χ0n) is 9.95. The molecule has 0 N–H and O–H groups in total. The predicted molar refractivity (Wildman–Crippen MR) is 62.6 cm³/mol. The molecule has 0 aliphatic carbocycles. The van der Waals surface area contributed by atoms with E-state index in [1.165, 1.54) is 18.5 Å². The summed E-state index contributed by atoms with van der Waals surface area (Å²) in [4.78, 5) is 13.6. The van der Waals surface area contributed by atoms with Crippen LogP contribution in [-0.2, 0) is 23.3 Å². The molecule has 0 bridgehead atoms. The van der Waals surface area contributed by atoms with Crippen molar-refractivity contribution in [1.29, 1.82) is 5.26 Å². The minimum atomic E-state index is -3.17. The van der Waals surface area contributed by atoms with Crippen molar-refractivity contribution in [2.45, 2.75) is 13.3 Å². The number of nitro groups is 1. The molecule has 18 heavy (non-hydrogen) atoms. The van der Waals surface area contributed by atoms with E-state index in [1.54, 1.807) is 6.07 Å². The van der Waals surface area contributed by atoms with Gasteiger partial charge in [0.15, 0.2) is 9.84 Å². The van der Waals surface area contributed by atoms with Crippen LogP contribution < -0.4 is 0 Å². The molecule has 0 fully saturated rings. The average molecular weight is 272 g/mol. The Kier molecular flexibility index (Phi) is 4.03. The molecule has 8 nitrogen and oxygen atoms in total. The summed E-state index contributed by atoms with van der Waals surface area (Å²) in [5.41, 5.74) is -0.177. The van der Waals surface area contributed by atoms with Crippen LogP contribution in [0.5, 0.6) is 0 Å². The normalized spacial score (nSPS) is 11.2. The van der Waals surface area contributed by atoms with E-state index in [4.69, 9.17) is 5.26 Å². The van der Waals surface area contributed by atoms with E-state index in [9.17, 15) is 18.5 Å². The van der Waals surface area contributed by atoms with Gasteiger partial charge in [0.2, 0.25) is 11.5 Å². The fourth-order valence-electron chi connectivity index (χ4n) is 1.40. The average Bonchev–Trinajstić information content (AvgIpc) is 2.63. The van der Waals surface area contributed by atoms with E-state index in [-0.39, 0.29) is 29.4 Å². The Bertz CT molecular complexity index is 611. The maximum atomic E-state index is 11.3. The van der Waals surface area contributed by atoms with Gasteiger partial charge in [-0.3, -0.25) is 4.57 Å². The van der Waals surface area contributed by atoms with Crippen molar-refractivity contribution in [2.75, 3.05) is 11.5 Å². The predicted octanol–water partition coefficient (Wildman–Crippen LogP) is 0.177. The van der Waals surface area contributed by atoms with Gasteiger partial charge in [0.05, 0.1) is 5.75 Å². The van der Waals surface area contributed by atoms with E-state index in [0.717, 1.165) is 0 Å². The van der Waals surface area contributed by atoms with Crippen molar-refractivity contribution >= 4 is 15.7 Å². The number of nitriles is 1. The van der Waals surface area contributed by atoms with E-state index in [1.807, 2.05) is 0 Å². The molecule has 0 aromatic carbocycles. The Balaban J connectivity index is 3.06. The summed E-state index contributed by atoms with van der Waals surface area (Å²) in [6.45, 7) is 1.52. The Morgan fingerprint density at radius 1 is 1.56 bits per heavy atom. The van der Waals surface area contributed by atoms with Gasteiger partial charge < -0.3 is 10.1 Å². The molecule has 0 saturated carbocycles. The highest BCUT2D eigenvalue weighted by Gasteiger charge is 2.26. The van der Waals surface area contributed by atoms with Gasteiger partial charge in [-0.2, -0.15) is 5.26 Å². The second-order valence-corrected chi connectivity index (χ2v) is 6.09. The topological polar surface area (TPSA) is 119 Å². The second kappa shape index (κ2) is 5.14. The summed E-state index contributed by atoms with van der Waals surface area (Å²) in [6.07, 6.45) is 0.0508. The lowest BCUT2D eigenvalue weighted by molar-refractivity contribution is -0.389. The molecule has 0 aliphatic heterocycles. The molecule has 0 amide bonds. The number of imidazole rings is 1. The van der Waals surface area contributed by atoms with Crippen LogP contribution in [0.2, 0.25) is 0 Å². The van der Waals surface area contributed by atoms with Gasteiger partial charge in [0.1, 0.15) is 6.07 Å². The van der Waals surface area contributed by atoms with Gasteiger partial charge >= 0.3 is 5.82 Å². The number of nitrogens with zero attached hydrogens (tertiary/aromatic N) is 4. The lowest BCUT2D eigenvalue weighted by Crippen LogP contribution is -2.13. The van der Waals surface area contributed by atoms with Gasteiger partial charge in [0, 0.05) is 19.2 Å². The molecular formula is C9H12N4O4S. The number of hydrogen-bond acceptors (Lipinski definition) is 6. The first-order valence-corrected chi connectivity index (χ1v) is 6.95. The van der Waals surface area contributed by atoms with Crippen LogP contribution in [0, 0.1) is 21.4 Å². The fourth-order valence-corrected chi connectivity index (χ4v) is 2.18. The maximum Gasteiger partial charge on any atom is 0.400 e. The standard InChI is InChI=1S/C9H12N4O4S/c1-3-18(16,17)5-4-8-11-9(13(14)15)7(6-10)12(8)2/h3-5H2,1-2H3. The largest absolute Gasteiger partial charge is 0.400 e. The monoisotopic (exact) mass is 272 g/mol. The van der Waals surface area contributed by atoms with E-state index in [2.05, 4.69) is 4.98 Å². The van der Waals surface area contributed by atoms with E-state index >= 15 is 0 Å². The third-order valence-corrected chi connectivity index (χ3v) is 4.23. The highest BCUT2D eigenvalue weighted by atomic mass is 32.2. The fraction of sp³-hybridized carbons (Fsp3) is 0.556. The van der Waals surface area contributed by atoms with Crippen LogP contribution in [0.15, 0.2) is 0 Å². The molecule has 0 aliphatic rings. The number of hydrogen-bond donors (Lipinski definition) is 0. The molecule has 1 rings (SSSR count). The minimum Gasteiger partial charge on any atom is -0.358 e. The van der Waals surface area contributed by atoms with Crippen molar-refractivity contribution in [3.8, 4) is 6.07 Å². The molecule has 1 aromatic rings. The molecule has 9 heteroatoms. The van der Waals surface area contributed by atoms with Gasteiger partial charge in [-0.1, -0.05) is 6.92 Å². The van der Waals surface area contributed by atoms with Crippen LogP contribution in [0.25, 0.3) is 0 Å². The summed E-state index contributed by atoms with van der Waals surface area (Å²) >= 11 is 0. The molecule has 1 aromatic heterocycles. The van der Waals surface area contributed by atoms with Crippen molar-refractivity contribution in [3.63, 3.8) is 0 Å². The highest BCUT2D eigenvalue weighted by Crippen LogP contribution is 2.17. The zero-order chi connectivity index (χ0) is 13.9. The first kappa shape index (κ1) is 14.1. The van der Waals surface area contributed by atoms with Gasteiger partial charge in [0.25, 0.3) is 0 Å². The Morgan fingerprint density at radius 2 is 2.17 bits per heavy atom. The second-order valence-electron chi connectivity index (χ2n) is 3.61. The first-order valence-electron chi connectivity index (χ1n) is 5.13. The zero-order valence-corrected chi connectivity index (χ0v) is 10.8. The Hall–Kier alpha value is -1.95. The van der Waals surface area contributed by atoms with Gasteiger partial charge in [-0.15, -0.1) is 0 Å². The van der Waals surface area contributed by atoms with Crippen molar-refractivity contribution in [1.82, 2.24) is 9.55 Å². The summed E-state index contributed by atoms with van der Waals surface area (Å²) < 4.78 is 23.9. The smallest absolute Gasteiger partial charge is 0.358 e. The number of sulfone groups is 1. The SMILES string of the molecule is CCS(=O)(=O)CCc1nc([N+](=O)[O-])c(C#N)n1C. The molecule has 1 heterocycles. The van der Waals surface area contributed by atoms with Crippen molar-refractivity contribution in [3.05, 3.63) is 21.6 Å². The molecule has 98 valence electrons. The van der Waals surface area contributed by atoms with Gasteiger partial charge in [-0.05, 0) is 9.91 Å². The summed E-state index contributed by atoms with van der Waals surface area (Å²) in [6, 6.07) is 1.69. The Labute approximate surface area is 104 Å². The third kappa shape index (κ3) is 2.84. The molecule has 0 spiro atoms. The highest BCUT2D eigenvalue weighted by molar-refractivity contribution is 7.91. The number of aryl methyl sites for hydroxylation is 1. The molecular weight excluding hydrogens is 260 g/mol.